The molecule has 0 aromatic carbocycles. The Balaban J connectivity index is 2.25. The maximum absolute atomic E-state index is 9.02. The van der Waals surface area contributed by atoms with E-state index < -0.39 is 5.66 Å². The highest BCUT2D eigenvalue weighted by Gasteiger charge is 2.43. The summed E-state index contributed by atoms with van der Waals surface area (Å²) in [5.74, 6) is 0. The molecular weight excluding hydrogens is 186 g/mol. The molecule has 0 aromatic rings. The van der Waals surface area contributed by atoms with Gasteiger partial charge in [0.05, 0.1) is 11.6 Å². The summed E-state index contributed by atoms with van der Waals surface area (Å²) in [6.45, 7) is 0.596. The van der Waals surface area contributed by atoms with Crippen LogP contribution in [0.3, 0.4) is 0 Å². The van der Waals surface area contributed by atoms with Gasteiger partial charge in [-0.1, -0.05) is 24.3 Å². The Kier molecular flexibility index (Phi) is 1.56. The largest absolute Gasteiger partial charge is 0.281 e. The Morgan fingerprint density at radius 2 is 2.33 bits per heavy atom. The minimum absolute atomic E-state index is 0.478. The first-order valence-corrected chi connectivity index (χ1v) is 4.86. The Bertz CT molecular complexity index is 511. The van der Waals surface area contributed by atoms with Crippen LogP contribution in [0, 0.1) is 11.3 Å². The van der Waals surface area contributed by atoms with Gasteiger partial charge >= 0.3 is 0 Å². The standard InChI is InChI=1S/C12H9N3/c13-7-9-8-15-12-10(4-2-6-14-12)3-1-5-11(9)12/h1-6,15H,8H2. The topological polar surface area (TPSA) is 48.2 Å². The van der Waals surface area contributed by atoms with Crippen molar-refractivity contribution in [1.82, 2.24) is 5.32 Å². The van der Waals surface area contributed by atoms with Crippen molar-refractivity contribution in [3.8, 4) is 6.07 Å². The van der Waals surface area contributed by atoms with Gasteiger partial charge in [0.2, 0.25) is 0 Å². The molecule has 0 amide bonds. The van der Waals surface area contributed by atoms with E-state index in [9.17, 15) is 0 Å². The van der Waals surface area contributed by atoms with Crippen LogP contribution >= 0.6 is 0 Å². The lowest BCUT2D eigenvalue weighted by Gasteiger charge is -2.32. The maximum atomic E-state index is 9.02. The number of aliphatic imine (C=N–C) groups is 1. The molecule has 1 unspecified atom stereocenters. The minimum Gasteiger partial charge on any atom is -0.281 e. The van der Waals surface area contributed by atoms with E-state index in [4.69, 9.17) is 5.26 Å². The SMILES string of the molecule is N#CC1=C2C=CC=C3C=CC=NC32NC1. The van der Waals surface area contributed by atoms with E-state index in [0.717, 1.165) is 16.7 Å². The molecule has 2 aliphatic heterocycles. The molecule has 0 fully saturated rings. The summed E-state index contributed by atoms with van der Waals surface area (Å²) >= 11 is 0. The van der Waals surface area contributed by atoms with E-state index in [2.05, 4.69) is 16.4 Å². The van der Waals surface area contributed by atoms with Crippen molar-refractivity contribution < 1.29 is 0 Å². The lowest BCUT2D eigenvalue weighted by atomic mass is 9.86. The lowest BCUT2D eigenvalue weighted by molar-refractivity contribution is 0.527. The van der Waals surface area contributed by atoms with Crippen molar-refractivity contribution in [2.75, 3.05) is 6.54 Å². The Labute approximate surface area is 87.8 Å². The van der Waals surface area contributed by atoms with Crippen molar-refractivity contribution >= 4 is 6.21 Å². The third-order valence-electron chi connectivity index (χ3n) is 2.96. The van der Waals surface area contributed by atoms with E-state index in [0.29, 0.717) is 6.54 Å². The monoisotopic (exact) mass is 195 g/mol. The smallest absolute Gasteiger partial charge is 0.163 e. The van der Waals surface area contributed by atoms with Crippen LogP contribution in [-0.2, 0) is 0 Å². The molecule has 3 aliphatic rings. The predicted octanol–water partition coefficient (Wildman–Crippen LogP) is 1.24. The number of nitrogens with zero attached hydrogens (tertiary/aromatic N) is 2. The van der Waals surface area contributed by atoms with Crippen LogP contribution in [0.4, 0.5) is 0 Å². The molecule has 72 valence electrons. The highest BCUT2D eigenvalue weighted by atomic mass is 15.2. The Morgan fingerprint density at radius 3 is 3.20 bits per heavy atom. The summed E-state index contributed by atoms with van der Waals surface area (Å²) in [7, 11) is 0. The second-order valence-corrected chi connectivity index (χ2v) is 3.69. The van der Waals surface area contributed by atoms with Gasteiger partial charge in [0.1, 0.15) is 0 Å². The molecule has 1 N–H and O–H groups in total. The van der Waals surface area contributed by atoms with Gasteiger partial charge < -0.3 is 0 Å². The normalized spacial score (nSPS) is 31.0. The fraction of sp³-hybridized carbons (Fsp3) is 0.167. The summed E-state index contributed by atoms with van der Waals surface area (Å²) < 4.78 is 0. The molecule has 0 bridgehead atoms. The second kappa shape index (κ2) is 2.78. The van der Waals surface area contributed by atoms with E-state index in [-0.39, 0.29) is 0 Å². The molecular formula is C12H9N3. The first-order chi connectivity index (χ1) is 7.37. The van der Waals surface area contributed by atoms with E-state index in [1.807, 2.05) is 30.4 Å². The number of allylic oxidation sites excluding steroid dienone is 3. The van der Waals surface area contributed by atoms with Crippen LogP contribution in [0.25, 0.3) is 0 Å². The van der Waals surface area contributed by atoms with E-state index in [1.165, 1.54) is 0 Å². The van der Waals surface area contributed by atoms with Gasteiger partial charge in [0.25, 0.3) is 0 Å². The number of dihydropyridines is 1. The molecule has 1 atom stereocenters. The van der Waals surface area contributed by atoms with Crippen LogP contribution in [0.2, 0.25) is 0 Å². The summed E-state index contributed by atoms with van der Waals surface area (Å²) in [4.78, 5) is 4.49. The number of nitrogens with one attached hydrogen (secondary N) is 1. The molecule has 15 heavy (non-hydrogen) atoms. The zero-order valence-electron chi connectivity index (χ0n) is 8.07. The molecule has 0 aromatic heterocycles. The highest BCUT2D eigenvalue weighted by Crippen LogP contribution is 2.39. The average molecular weight is 195 g/mol. The van der Waals surface area contributed by atoms with Gasteiger partial charge in [0.15, 0.2) is 5.66 Å². The number of hydrogen-bond donors (Lipinski definition) is 1. The summed E-state index contributed by atoms with van der Waals surface area (Å²) in [6.07, 6.45) is 11.7. The third kappa shape index (κ3) is 0.943. The predicted molar refractivity (Wildman–Crippen MR) is 58.2 cm³/mol. The summed E-state index contributed by atoms with van der Waals surface area (Å²) in [5.41, 5.74) is 2.40. The van der Waals surface area contributed by atoms with Gasteiger partial charge in [-0.3, -0.25) is 10.3 Å². The van der Waals surface area contributed by atoms with Crippen LogP contribution < -0.4 is 5.32 Å². The molecule has 3 heteroatoms. The fourth-order valence-electron chi connectivity index (χ4n) is 2.24. The van der Waals surface area contributed by atoms with Gasteiger partial charge in [-0.25, -0.2) is 0 Å². The number of rotatable bonds is 0. The van der Waals surface area contributed by atoms with Crippen molar-refractivity contribution in [2.24, 2.45) is 4.99 Å². The number of nitriles is 1. The van der Waals surface area contributed by atoms with Gasteiger partial charge in [0, 0.05) is 18.3 Å². The summed E-state index contributed by atoms with van der Waals surface area (Å²) in [6, 6.07) is 2.23. The van der Waals surface area contributed by atoms with E-state index >= 15 is 0 Å². The van der Waals surface area contributed by atoms with Crippen molar-refractivity contribution in [2.45, 2.75) is 5.66 Å². The quantitative estimate of drug-likeness (QED) is 0.632. The Hall–Kier alpha value is -1.92. The van der Waals surface area contributed by atoms with Crippen LogP contribution in [0.15, 0.2) is 52.1 Å². The molecule has 3 nitrogen and oxygen atoms in total. The summed E-state index contributed by atoms with van der Waals surface area (Å²) in [5, 5.41) is 12.3. The highest BCUT2D eigenvalue weighted by molar-refractivity contribution is 5.78. The molecule has 0 saturated carbocycles. The molecule has 0 radical (unpaired) electrons. The second-order valence-electron chi connectivity index (χ2n) is 3.69. The van der Waals surface area contributed by atoms with Crippen molar-refractivity contribution in [3.63, 3.8) is 0 Å². The lowest BCUT2D eigenvalue weighted by Crippen LogP contribution is -2.43. The Morgan fingerprint density at radius 1 is 1.40 bits per heavy atom. The van der Waals surface area contributed by atoms with Gasteiger partial charge in [-0.15, -0.1) is 0 Å². The van der Waals surface area contributed by atoms with E-state index in [1.54, 1.807) is 6.21 Å². The minimum atomic E-state index is -0.478. The first-order valence-electron chi connectivity index (χ1n) is 4.86. The zero-order chi connectivity index (χ0) is 10.3. The van der Waals surface area contributed by atoms with Crippen molar-refractivity contribution in [1.29, 1.82) is 5.26 Å². The maximum Gasteiger partial charge on any atom is 0.163 e. The van der Waals surface area contributed by atoms with Gasteiger partial charge in [-0.05, 0) is 11.6 Å². The average Bonchev–Trinajstić information content (AvgIpc) is 2.65. The zero-order valence-corrected chi connectivity index (χ0v) is 8.07. The van der Waals surface area contributed by atoms with Crippen LogP contribution in [-0.4, -0.2) is 18.4 Å². The van der Waals surface area contributed by atoms with Crippen LogP contribution in [0.1, 0.15) is 0 Å². The third-order valence-corrected chi connectivity index (χ3v) is 2.96. The molecule has 1 aliphatic carbocycles. The first kappa shape index (κ1) is 8.39. The van der Waals surface area contributed by atoms with Crippen molar-refractivity contribution in [3.05, 3.63) is 47.1 Å². The molecule has 2 heterocycles. The fourth-order valence-corrected chi connectivity index (χ4v) is 2.24. The molecule has 0 saturated heterocycles. The number of hydrogen-bond acceptors (Lipinski definition) is 3. The van der Waals surface area contributed by atoms with Crippen LogP contribution in [0.5, 0.6) is 0 Å². The van der Waals surface area contributed by atoms with Gasteiger partial charge in [-0.2, -0.15) is 5.26 Å². The molecule has 1 spiro atoms. The molecule has 3 rings (SSSR count).